The first-order chi connectivity index (χ1) is 12.3. The molecule has 3 rings (SSSR count). The fourth-order valence-electron chi connectivity index (χ4n) is 2.70. The van der Waals surface area contributed by atoms with Gasteiger partial charge in [0.2, 0.25) is 0 Å². The van der Waals surface area contributed by atoms with Gasteiger partial charge in [-0.25, -0.2) is 9.67 Å². The summed E-state index contributed by atoms with van der Waals surface area (Å²) in [5.74, 6) is 1.05. The lowest BCUT2D eigenvalue weighted by Crippen LogP contribution is -2.16. The van der Waals surface area contributed by atoms with Crippen LogP contribution in [0.25, 0.3) is 5.82 Å². The van der Waals surface area contributed by atoms with Gasteiger partial charge in [-0.05, 0) is 18.1 Å². The van der Waals surface area contributed by atoms with Gasteiger partial charge in [0.15, 0.2) is 11.6 Å². The Morgan fingerprint density at radius 2 is 2.04 bits per heavy atom. The Bertz CT molecular complexity index is 902. The summed E-state index contributed by atoms with van der Waals surface area (Å²) >= 11 is 0. The van der Waals surface area contributed by atoms with E-state index < -0.39 is 0 Å². The van der Waals surface area contributed by atoms with Crippen molar-refractivity contribution in [3.8, 4) is 5.82 Å². The molecular formula is C19H24N6O. The second-order valence-electron chi connectivity index (χ2n) is 7.57. The third-order valence-corrected chi connectivity index (χ3v) is 4.09. The van der Waals surface area contributed by atoms with E-state index in [2.05, 4.69) is 46.4 Å². The van der Waals surface area contributed by atoms with E-state index in [-0.39, 0.29) is 17.2 Å². The van der Waals surface area contributed by atoms with Crippen LogP contribution in [0, 0.1) is 0 Å². The first kappa shape index (κ1) is 17.8. The normalized spacial score (nSPS) is 11.8. The number of pyridine rings is 1. The summed E-state index contributed by atoms with van der Waals surface area (Å²) in [7, 11) is 0. The van der Waals surface area contributed by atoms with E-state index in [9.17, 15) is 4.79 Å². The number of aromatic nitrogens is 5. The maximum atomic E-state index is 12.8. The Morgan fingerprint density at radius 3 is 2.62 bits per heavy atom. The zero-order valence-corrected chi connectivity index (χ0v) is 15.7. The Hall–Kier alpha value is -2.96. The highest BCUT2D eigenvalue weighted by atomic mass is 16.1. The topological polar surface area (TPSA) is 88.5 Å². The zero-order chi connectivity index (χ0) is 18.9. The Labute approximate surface area is 152 Å². The summed E-state index contributed by atoms with van der Waals surface area (Å²) in [6.07, 6.45) is 3.29. The van der Waals surface area contributed by atoms with Gasteiger partial charge in [-0.15, -0.1) is 0 Å². The first-order valence-electron chi connectivity index (χ1n) is 8.64. The van der Waals surface area contributed by atoms with Gasteiger partial charge >= 0.3 is 0 Å². The summed E-state index contributed by atoms with van der Waals surface area (Å²) in [5.41, 5.74) is 2.22. The molecule has 0 aliphatic heterocycles. The number of H-pyrrole nitrogens is 1. The molecule has 0 bridgehead atoms. The van der Waals surface area contributed by atoms with Crippen molar-refractivity contribution in [2.24, 2.45) is 0 Å². The third-order valence-electron chi connectivity index (χ3n) is 4.09. The van der Waals surface area contributed by atoms with Crippen molar-refractivity contribution in [2.45, 2.75) is 46.0 Å². The van der Waals surface area contributed by atoms with Crippen LogP contribution in [0.5, 0.6) is 0 Å². The van der Waals surface area contributed by atoms with E-state index in [0.29, 0.717) is 17.2 Å². The third kappa shape index (κ3) is 3.51. The van der Waals surface area contributed by atoms with Gasteiger partial charge in [-0.2, -0.15) is 10.2 Å². The molecule has 0 aliphatic carbocycles. The molecule has 3 aromatic rings. The number of anilines is 1. The number of hydrogen-bond acceptors (Lipinski definition) is 4. The molecule has 0 aromatic carbocycles. The molecule has 0 fully saturated rings. The Morgan fingerprint density at radius 1 is 1.27 bits per heavy atom. The number of carbonyl (C=O) groups excluding carboxylic acids is 1. The monoisotopic (exact) mass is 352 g/mol. The molecule has 0 saturated carbocycles. The van der Waals surface area contributed by atoms with Gasteiger partial charge in [0.25, 0.3) is 5.91 Å². The fourth-order valence-corrected chi connectivity index (χ4v) is 2.70. The zero-order valence-electron chi connectivity index (χ0n) is 15.7. The molecule has 2 N–H and O–H groups in total. The van der Waals surface area contributed by atoms with Gasteiger partial charge in [-0.1, -0.05) is 40.7 Å². The average Bonchev–Trinajstić information content (AvgIpc) is 3.22. The van der Waals surface area contributed by atoms with E-state index in [4.69, 9.17) is 0 Å². The van der Waals surface area contributed by atoms with Crippen LogP contribution in [0.4, 0.5) is 5.82 Å². The molecule has 3 heterocycles. The number of amides is 1. The minimum absolute atomic E-state index is 0.0665. The van der Waals surface area contributed by atoms with Crippen LogP contribution >= 0.6 is 0 Å². The van der Waals surface area contributed by atoms with Crippen molar-refractivity contribution in [1.29, 1.82) is 0 Å². The summed E-state index contributed by atoms with van der Waals surface area (Å²) in [6, 6.07) is 7.46. The van der Waals surface area contributed by atoms with Crippen LogP contribution in [-0.4, -0.2) is 30.9 Å². The number of carbonyl (C=O) groups is 1. The molecule has 0 atom stereocenters. The van der Waals surface area contributed by atoms with Gasteiger partial charge in [0.1, 0.15) is 0 Å². The maximum absolute atomic E-state index is 12.8. The van der Waals surface area contributed by atoms with Gasteiger partial charge in [0, 0.05) is 23.4 Å². The predicted octanol–water partition coefficient (Wildman–Crippen LogP) is 3.66. The van der Waals surface area contributed by atoms with Crippen molar-refractivity contribution in [3.63, 3.8) is 0 Å². The quantitative estimate of drug-likeness (QED) is 0.750. The van der Waals surface area contributed by atoms with E-state index >= 15 is 0 Å². The van der Waals surface area contributed by atoms with Gasteiger partial charge in [0.05, 0.1) is 17.5 Å². The minimum atomic E-state index is -0.233. The standard InChI is InChI=1S/C19H24N6O/c1-12(2)17-13(11-21-25(17)16-8-6-7-9-20-16)18(26)22-15-10-14(23-24-15)19(3,4)5/h6-12H,1-5H3,(H2,22,23,24,26). The number of aromatic amines is 1. The van der Waals surface area contributed by atoms with Crippen LogP contribution in [-0.2, 0) is 5.41 Å². The van der Waals surface area contributed by atoms with E-state index in [1.54, 1.807) is 17.1 Å². The van der Waals surface area contributed by atoms with E-state index in [0.717, 1.165) is 11.4 Å². The fraction of sp³-hybridized carbons (Fsp3) is 0.368. The molecule has 3 aromatic heterocycles. The summed E-state index contributed by atoms with van der Waals surface area (Å²) < 4.78 is 1.71. The molecular weight excluding hydrogens is 328 g/mol. The first-order valence-corrected chi connectivity index (χ1v) is 8.64. The van der Waals surface area contributed by atoms with E-state index in [1.165, 1.54) is 0 Å². The molecule has 7 nitrogen and oxygen atoms in total. The van der Waals surface area contributed by atoms with Crippen molar-refractivity contribution < 1.29 is 4.79 Å². The van der Waals surface area contributed by atoms with Crippen molar-refractivity contribution in [3.05, 3.63) is 53.6 Å². The molecule has 0 spiro atoms. The number of nitrogens with one attached hydrogen (secondary N) is 2. The highest BCUT2D eigenvalue weighted by Gasteiger charge is 2.23. The molecule has 136 valence electrons. The second-order valence-corrected chi connectivity index (χ2v) is 7.57. The maximum Gasteiger partial charge on any atom is 0.260 e. The number of hydrogen-bond donors (Lipinski definition) is 2. The van der Waals surface area contributed by atoms with Crippen LogP contribution in [0.15, 0.2) is 36.7 Å². The molecule has 0 radical (unpaired) electrons. The average molecular weight is 352 g/mol. The lowest BCUT2D eigenvalue weighted by molar-refractivity contribution is 0.102. The second kappa shape index (κ2) is 6.74. The molecule has 0 saturated heterocycles. The van der Waals surface area contributed by atoms with Crippen LogP contribution < -0.4 is 5.32 Å². The van der Waals surface area contributed by atoms with Crippen molar-refractivity contribution >= 4 is 11.7 Å². The van der Waals surface area contributed by atoms with Crippen LogP contribution in [0.1, 0.15) is 62.3 Å². The molecule has 1 amide bonds. The highest BCUT2D eigenvalue weighted by molar-refractivity contribution is 6.04. The minimum Gasteiger partial charge on any atom is -0.305 e. The van der Waals surface area contributed by atoms with Gasteiger partial charge in [-0.3, -0.25) is 9.89 Å². The van der Waals surface area contributed by atoms with Crippen LogP contribution in [0.3, 0.4) is 0 Å². The molecule has 0 unspecified atom stereocenters. The highest BCUT2D eigenvalue weighted by Crippen LogP contribution is 2.25. The van der Waals surface area contributed by atoms with Gasteiger partial charge < -0.3 is 5.32 Å². The largest absolute Gasteiger partial charge is 0.305 e. The van der Waals surface area contributed by atoms with E-state index in [1.807, 2.05) is 38.1 Å². The Balaban J connectivity index is 1.90. The Kier molecular flexibility index (Phi) is 4.63. The smallest absolute Gasteiger partial charge is 0.260 e. The predicted molar refractivity (Wildman–Crippen MR) is 101 cm³/mol. The molecule has 26 heavy (non-hydrogen) atoms. The van der Waals surface area contributed by atoms with Crippen LogP contribution in [0.2, 0.25) is 0 Å². The number of nitrogens with zero attached hydrogens (tertiary/aromatic N) is 4. The van der Waals surface area contributed by atoms with Crippen molar-refractivity contribution in [2.75, 3.05) is 5.32 Å². The molecule has 7 heteroatoms. The summed E-state index contributed by atoms with van der Waals surface area (Å²) in [5, 5.41) is 14.4. The number of rotatable bonds is 4. The van der Waals surface area contributed by atoms with Crippen molar-refractivity contribution in [1.82, 2.24) is 25.0 Å². The summed E-state index contributed by atoms with van der Waals surface area (Å²) in [6.45, 7) is 10.3. The lowest BCUT2D eigenvalue weighted by Gasteiger charge is -2.14. The lowest BCUT2D eigenvalue weighted by atomic mass is 9.92. The SMILES string of the molecule is CC(C)c1c(C(=O)Nc2cc(C(C)(C)C)[nH]n2)cnn1-c1ccccn1. The summed E-state index contributed by atoms with van der Waals surface area (Å²) in [4.78, 5) is 17.1. The molecule has 0 aliphatic rings.